The van der Waals surface area contributed by atoms with E-state index in [0.29, 0.717) is 34.4 Å². The van der Waals surface area contributed by atoms with E-state index in [1.54, 1.807) is 30.5 Å². The fraction of sp³-hybridized carbons (Fsp3) is 0.250. The summed E-state index contributed by atoms with van der Waals surface area (Å²) in [6, 6.07) is 8.86. The number of nitrogens with zero attached hydrogens (tertiary/aromatic N) is 2. The van der Waals surface area contributed by atoms with Gasteiger partial charge in [-0.05, 0) is 36.2 Å². The molecule has 1 aromatic heterocycles. The number of aromatic nitrogens is 1. The van der Waals surface area contributed by atoms with Crippen molar-refractivity contribution in [2.45, 2.75) is 6.42 Å². The molecule has 1 amide bonds. The second kappa shape index (κ2) is 7.47. The summed E-state index contributed by atoms with van der Waals surface area (Å²) in [5.41, 5.74) is 1.50. The summed E-state index contributed by atoms with van der Waals surface area (Å²) in [5.74, 6) is 0.492. The van der Waals surface area contributed by atoms with Crippen LogP contribution in [0, 0.1) is 0 Å². The molecule has 0 aliphatic carbocycles. The van der Waals surface area contributed by atoms with E-state index < -0.39 is 0 Å². The number of pyridine rings is 1. The fourth-order valence-electron chi connectivity index (χ4n) is 2.06. The van der Waals surface area contributed by atoms with Crippen LogP contribution >= 0.6 is 23.2 Å². The van der Waals surface area contributed by atoms with E-state index in [0.717, 1.165) is 5.56 Å². The van der Waals surface area contributed by atoms with E-state index in [1.165, 1.54) is 0 Å². The zero-order valence-electron chi connectivity index (χ0n) is 12.4. The first-order valence-corrected chi connectivity index (χ1v) is 7.59. The summed E-state index contributed by atoms with van der Waals surface area (Å²) < 4.78 is 0. The standard InChI is InChI=1S/C16H17Cl2N3O/c1-21(2)15-13(4-3-8-19-15)16(22)20-9-7-11-5-6-12(17)10-14(11)18/h3-6,8,10H,7,9H2,1-2H3,(H,20,22). The summed E-state index contributed by atoms with van der Waals surface area (Å²) in [7, 11) is 3.71. The van der Waals surface area contributed by atoms with Gasteiger partial charge in [0.25, 0.3) is 5.91 Å². The number of benzene rings is 1. The molecule has 0 bridgehead atoms. The molecule has 0 spiro atoms. The molecule has 2 rings (SSSR count). The Morgan fingerprint density at radius 2 is 2.05 bits per heavy atom. The van der Waals surface area contributed by atoms with E-state index in [4.69, 9.17) is 23.2 Å². The second-order valence-corrected chi connectivity index (χ2v) is 5.85. The Kier molecular flexibility index (Phi) is 5.63. The predicted molar refractivity (Wildman–Crippen MR) is 91.1 cm³/mol. The molecule has 0 aliphatic heterocycles. The number of carbonyl (C=O) groups is 1. The SMILES string of the molecule is CN(C)c1ncccc1C(=O)NCCc1ccc(Cl)cc1Cl. The highest BCUT2D eigenvalue weighted by Crippen LogP contribution is 2.21. The van der Waals surface area contributed by atoms with Crippen LogP contribution in [0.3, 0.4) is 0 Å². The van der Waals surface area contributed by atoms with E-state index in [9.17, 15) is 4.79 Å². The van der Waals surface area contributed by atoms with Gasteiger partial charge in [0, 0.05) is 36.9 Å². The predicted octanol–water partition coefficient (Wildman–Crippen LogP) is 3.43. The normalized spacial score (nSPS) is 10.4. The molecular weight excluding hydrogens is 321 g/mol. The minimum atomic E-state index is -0.151. The van der Waals surface area contributed by atoms with Gasteiger partial charge in [-0.2, -0.15) is 0 Å². The molecule has 116 valence electrons. The van der Waals surface area contributed by atoms with Gasteiger partial charge in [0.2, 0.25) is 0 Å². The molecule has 1 heterocycles. The minimum absolute atomic E-state index is 0.151. The number of hydrogen-bond acceptors (Lipinski definition) is 3. The molecule has 0 radical (unpaired) electrons. The zero-order chi connectivity index (χ0) is 16.1. The van der Waals surface area contributed by atoms with E-state index in [2.05, 4.69) is 10.3 Å². The second-order valence-electron chi connectivity index (χ2n) is 5.01. The van der Waals surface area contributed by atoms with Gasteiger partial charge >= 0.3 is 0 Å². The average Bonchev–Trinajstić information content (AvgIpc) is 2.49. The maximum atomic E-state index is 12.3. The van der Waals surface area contributed by atoms with Gasteiger partial charge in [0.05, 0.1) is 5.56 Å². The van der Waals surface area contributed by atoms with Crippen LogP contribution < -0.4 is 10.2 Å². The number of hydrogen-bond donors (Lipinski definition) is 1. The minimum Gasteiger partial charge on any atom is -0.362 e. The Bertz CT molecular complexity index is 674. The van der Waals surface area contributed by atoms with E-state index >= 15 is 0 Å². The lowest BCUT2D eigenvalue weighted by molar-refractivity contribution is 0.0954. The first-order chi connectivity index (χ1) is 10.5. The van der Waals surface area contributed by atoms with Crippen molar-refractivity contribution in [3.8, 4) is 0 Å². The highest BCUT2D eigenvalue weighted by atomic mass is 35.5. The van der Waals surface area contributed by atoms with Crippen molar-refractivity contribution in [1.29, 1.82) is 0 Å². The first kappa shape index (κ1) is 16.6. The number of amides is 1. The van der Waals surface area contributed by atoms with Crippen molar-refractivity contribution in [2.24, 2.45) is 0 Å². The molecule has 22 heavy (non-hydrogen) atoms. The topological polar surface area (TPSA) is 45.2 Å². The van der Waals surface area contributed by atoms with Crippen LogP contribution in [0.4, 0.5) is 5.82 Å². The lowest BCUT2D eigenvalue weighted by atomic mass is 10.1. The van der Waals surface area contributed by atoms with Crippen LogP contribution in [0.25, 0.3) is 0 Å². The fourth-order valence-corrected chi connectivity index (χ4v) is 2.56. The van der Waals surface area contributed by atoms with Crippen molar-refractivity contribution >= 4 is 34.9 Å². The monoisotopic (exact) mass is 337 g/mol. The number of rotatable bonds is 5. The molecule has 0 atom stereocenters. The van der Waals surface area contributed by atoms with Gasteiger partial charge in [-0.1, -0.05) is 29.3 Å². The van der Waals surface area contributed by atoms with Crippen molar-refractivity contribution in [3.05, 3.63) is 57.7 Å². The summed E-state index contributed by atoms with van der Waals surface area (Å²) in [6.45, 7) is 0.488. The third kappa shape index (κ3) is 4.12. The lowest BCUT2D eigenvalue weighted by Crippen LogP contribution is -2.28. The molecule has 1 aromatic carbocycles. The highest BCUT2D eigenvalue weighted by molar-refractivity contribution is 6.35. The van der Waals surface area contributed by atoms with E-state index in [-0.39, 0.29) is 5.91 Å². The van der Waals surface area contributed by atoms with Crippen molar-refractivity contribution in [3.63, 3.8) is 0 Å². The molecule has 0 unspecified atom stereocenters. The quantitative estimate of drug-likeness (QED) is 0.909. The van der Waals surface area contributed by atoms with Gasteiger partial charge in [0.1, 0.15) is 5.82 Å². The van der Waals surface area contributed by atoms with Crippen LogP contribution in [0.1, 0.15) is 15.9 Å². The third-order valence-electron chi connectivity index (χ3n) is 3.15. The summed E-state index contributed by atoms with van der Waals surface area (Å²) in [6.07, 6.45) is 2.30. The average molecular weight is 338 g/mol. The molecule has 0 saturated heterocycles. The molecular formula is C16H17Cl2N3O. The van der Waals surface area contributed by atoms with Gasteiger partial charge < -0.3 is 10.2 Å². The zero-order valence-corrected chi connectivity index (χ0v) is 13.9. The third-order valence-corrected chi connectivity index (χ3v) is 3.74. The first-order valence-electron chi connectivity index (χ1n) is 6.83. The number of anilines is 1. The number of carbonyl (C=O) groups excluding carboxylic acids is 1. The Labute approximate surface area is 140 Å². The lowest BCUT2D eigenvalue weighted by Gasteiger charge is -2.15. The van der Waals surface area contributed by atoms with Crippen LogP contribution in [-0.4, -0.2) is 31.5 Å². The molecule has 2 aromatic rings. The number of halogens is 2. The van der Waals surface area contributed by atoms with Crippen molar-refractivity contribution in [1.82, 2.24) is 10.3 Å². The van der Waals surface area contributed by atoms with Gasteiger partial charge in [-0.25, -0.2) is 4.98 Å². The Hall–Kier alpha value is -1.78. The van der Waals surface area contributed by atoms with Crippen LogP contribution in [-0.2, 0) is 6.42 Å². The largest absolute Gasteiger partial charge is 0.362 e. The Morgan fingerprint density at radius 3 is 2.73 bits per heavy atom. The van der Waals surface area contributed by atoms with Gasteiger partial charge in [0.15, 0.2) is 0 Å². The van der Waals surface area contributed by atoms with Crippen molar-refractivity contribution < 1.29 is 4.79 Å². The molecule has 0 fully saturated rings. The van der Waals surface area contributed by atoms with Crippen LogP contribution in [0.2, 0.25) is 10.0 Å². The maximum absolute atomic E-state index is 12.3. The molecule has 4 nitrogen and oxygen atoms in total. The number of nitrogens with one attached hydrogen (secondary N) is 1. The molecule has 1 N–H and O–H groups in total. The molecule has 6 heteroatoms. The Balaban J connectivity index is 1.99. The Morgan fingerprint density at radius 1 is 1.27 bits per heavy atom. The summed E-state index contributed by atoms with van der Waals surface area (Å²) in [5, 5.41) is 4.10. The van der Waals surface area contributed by atoms with Gasteiger partial charge in [-0.15, -0.1) is 0 Å². The molecule has 0 aliphatic rings. The molecule has 0 saturated carbocycles. The van der Waals surface area contributed by atoms with Gasteiger partial charge in [-0.3, -0.25) is 4.79 Å². The van der Waals surface area contributed by atoms with Crippen LogP contribution in [0.5, 0.6) is 0 Å². The van der Waals surface area contributed by atoms with Crippen LogP contribution in [0.15, 0.2) is 36.5 Å². The van der Waals surface area contributed by atoms with E-state index in [1.807, 2.05) is 25.1 Å². The smallest absolute Gasteiger partial charge is 0.255 e. The summed E-state index contributed by atoms with van der Waals surface area (Å²) in [4.78, 5) is 18.3. The highest BCUT2D eigenvalue weighted by Gasteiger charge is 2.13. The maximum Gasteiger partial charge on any atom is 0.255 e. The summed E-state index contributed by atoms with van der Waals surface area (Å²) >= 11 is 12.0. The van der Waals surface area contributed by atoms with Crippen molar-refractivity contribution in [2.75, 3.05) is 25.5 Å².